The van der Waals surface area contributed by atoms with Crippen molar-refractivity contribution in [2.24, 2.45) is 5.92 Å². The molecule has 110 valence electrons. The molecule has 1 atom stereocenters. The van der Waals surface area contributed by atoms with Crippen LogP contribution in [0.25, 0.3) is 0 Å². The number of amides is 1. The van der Waals surface area contributed by atoms with E-state index in [0.29, 0.717) is 12.5 Å². The number of hydrogen-bond acceptors (Lipinski definition) is 3. The molecule has 1 heterocycles. The molecule has 0 bridgehead atoms. The first-order chi connectivity index (χ1) is 10.2. The first-order valence-electron chi connectivity index (χ1n) is 7.26. The lowest BCUT2D eigenvalue weighted by atomic mass is 10.2. The van der Waals surface area contributed by atoms with Crippen LogP contribution in [-0.2, 0) is 11.3 Å². The quantitative estimate of drug-likeness (QED) is 0.886. The Morgan fingerprint density at radius 2 is 2.10 bits per heavy atom. The van der Waals surface area contributed by atoms with Gasteiger partial charge in [-0.05, 0) is 43.3 Å². The zero-order valence-corrected chi connectivity index (χ0v) is 12.9. The molecule has 1 aromatic carbocycles. The number of carbonyl (C=O) groups is 1. The smallest absolute Gasteiger partial charge is 0.261 e. The van der Waals surface area contributed by atoms with Crippen LogP contribution < -0.4 is 10.1 Å². The largest absolute Gasteiger partial charge is 0.480 e. The van der Waals surface area contributed by atoms with Crippen LogP contribution in [0.15, 0.2) is 41.8 Å². The maximum atomic E-state index is 12.4. The van der Waals surface area contributed by atoms with Crippen LogP contribution in [0.1, 0.15) is 23.3 Å². The van der Waals surface area contributed by atoms with Crippen LogP contribution >= 0.6 is 11.3 Å². The summed E-state index contributed by atoms with van der Waals surface area (Å²) in [5, 5.41) is 5.00. The minimum Gasteiger partial charge on any atom is -0.480 e. The van der Waals surface area contributed by atoms with Gasteiger partial charge in [-0.2, -0.15) is 0 Å². The molecule has 3 rings (SSSR count). The summed E-state index contributed by atoms with van der Waals surface area (Å²) in [5.74, 6) is 1.12. The van der Waals surface area contributed by atoms with Gasteiger partial charge in [0.1, 0.15) is 5.75 Å². The summed E-state index contributed by atoms with van der Waals surface area (Å²) in [6.07, 6.45) is 1.78. The highest BCUT2D eigenvalue weighted by Gasteiger charge is 2.38. The molecule has 1 aromatic heterocycles. The topological polar surface area (TPSA) is 38.3 Å². The Morgan fingerprint density at radius 3 is 2.71 bits per heavy atom. The maximum Gasteiger partial charge on any atom is 0.261 e. The standard InChI is InChI=1S/C17H19NO2S/c1-12-4-8-14(9-5-12)20-16(13-6-7-13)17(19)18-11-15-3-2-10-21-15/h2-5,8-10,13,16H,6-7,11H2,1H3,(H,18,19). The third kappa shape index (κ3) is 3.85. The molecule has 1 aliphatic carbocycles. The van der Waals surface area contributed by atoms with E-state index in [1.807, 2.05) is 48.7 Å². The summed E-state index contributed by atoms with van der Waals surface area (Å²) in [7, 11) is 0. The monoisotopic (exact) mass is 301 g/mol. The lowest BCUT2D eigenvalue weighted by molar-refractivity contribution is -0.129. The summed E-state index contributed by atoms with van der Waals surface area (Å²) in [4.78, 5) is 13.5. The van der Waals surface area contributed by atoms with Crippen molar-refractivity contribution in [2.75, 3.05) is 0 Å². The van der Waals surface area contributed by atoms with E-state index in [2.05, 4.69) is 5.32 Å². The van der Waals surface area contributed by atoms with Crippen molar-refractivity contribution >= 4 is 17.2 Å². The molecule has 1 aliphatic rings. The van der Waals surface area contributed by atoms with Crippen molar-refractivity contribution in [3.05, 3.63) is 52.2 Å². The van der Waals surface area contributed by atoms with Crippen LogP contribution in [0, 0.1) is 12.8 Å². The molecule has 3 nitrogen and oxygen atoms in total. The van der Waals surface area contributed by atoms with Crippen molar-refractivity contribution in [2.45, 2.75) is 32.4 Å². The Hall–Kier alpha value is -1.81. The molecule has 21 heavy (non-hydrogen) atoms. The number of hydrogen-bond donors (Lipinski definition) is 1. The number of ether oxygens (including phenoxy) is 1. The Morgan fingerprint density at radius 1 is 1.33 bits per heavy atom. The third-order valence-corrected chi connectivity index (χ3v) is 4.49. The molecule has 4 heteroatoms. The highest BCUT2D eigenvalue weighted by Crippen LogP contribution is 2.35. The van der Waals surface area contributed by atoms with Crippen molar-refractivity contribution in [1.82, 2.24) is 5.32 Å². The highest BCUT2D eigenvalue weighted by atomic mass is 32.1. The molecule has 1 unspecified atom stereocenters. The van der Waals surface area contributed by atoms with E-state index in [4.69, 9.17) is 4.74 Å². The second kappa shape index (κ2) is 6.31. The number of rotatable bonds is 6. The number of nitrogens with one attached hydrogen (secondary N) is 1. The van der Waals surface area contributed by atoms with Crippen molar-refractivity contribution < 1.29 is 9.53 Å². The minimum absolute atomic E-state index is 0.00789. The van der Waals surface area contributed by atoms with Gasteiger partial charge in [0.2, 0.25) is 0 Å². The number of benzene rings is 1. The predicted octanol–water partition coefficient (Wildman–Crippen LogP) is 3.53. The molecule has 1 amide bonds. The van der Waals surface area contributed by atoms with E-state index < -0.39 is 0 Å². The van der Waals surface area contributed by atoms with Crippen LogP contribution in [0.3, 0.4) is 0 Å². The van der Waals surface area contributed by atoms with Gasteiger partial charge in [-0.25, -0.2) is 0 Å². The molecule has 1 saturated carbocycles. The fourth-order valence-electron chi connectivity index (χ4n) is 2.21. The van der Waals surface area contributed by atoms with E-state index in [9.17, 15) is 4.79 Å². The van der Waals surface area contributed by atoms with E-state index in [-0.39, 0.29) is 12.0 Å². The molecule has 0 saturated heterocycles. The first-order valence-corrected chi connectivity index (χ1v) is 8.14. The Balaban J connectivity index is 1.61. The fraction of sp³-hybridized carbons (Fsp3) is 0.353. The van der Waals surface area contributed by atoms with E-state index in [1.165, 1.54) is 5.56 Å². The lowest BCUT2D eigenvalue weighted by Gasteiger charge is -2.18. The van der Waals surface area contributed by atoms with Crippen LogP contribution in [0.5, 0.6) is 5.75 Å². The maximum absolute atomic E-state index is 12.4. The minimum atomic E-state index is -0.368. The van der Waals surface area contributed by atoms with Gasteiger partial charge in [0.05, 0.1) is 6.54 Å². The predicted molar refractivity (Wildman–Crippen MR) is 84.5 cm³/mol. The van der Waals surface area contributed by atoms with E-state index in [1.54, 1.807) is 11.3 Å². The summed E-state index contributed by atoms with van der Waals surface area (Å²) in [5.41, 5.74) is 1.19. The Kier molecular flexibility index (Phi) is 4.25. The zero-order valence-electron chi connectivity index (χ0n) is 12.0. The van der Waals surface area contributed by atoms with Gasteiger partial charge in [0.25, 0.3) is 5.91 Å². The first kappa shape index (κ1) is 14.1. The Bertz CT molecular complexity index is 588. The third-order valence-electron chi connectivity index (χ3n) is 3.61. The number of carbonyl (C=O) groups excluding carboxylic acids is 1. The van der Waals surface area contributed by atoms with Gasteiger partial charge in [0, 0.05) is 10.8 Å². The van der Waals surface area contributed by atoms with E-state index in [0.717, 1.165) is 23.5 Å². The van der Waals surface area contributed by atoms with Gasteiger partial charge in [-0.1, -0.05) is 23.8 Å². The van der Waals surface area contributed by atoms with Crippen LogP contribution in [0.2, 0.25) is 0 Å². The average Bonchev–Trinajstić information content (AvgIpc) is 3.19. The van der Waals surface area contributed by atoms with Gasteiger partial charge in [-0.3, -0.25) is 4.79 Å². The molecular weight excluding hydrogens is 282 g/mol. The van der Waals surface area contributed by atoms with Gasteiger partial charge < -0.3 is 10.1 Å². The van der Waals surface area contributed by atoms with Gasteiger partial charge >= 0.3 is 0 Å². The van der Waals surface area contributed by atoms with Gasteiger partial charge in [-0.15, -0.1) is 11.3 Å². The highest BCUT2D eigenvalue weighted by molar-refractivity contribution is 7.09. The summed E-state index contributed by atoms with van der Waals surface area (Å²) in [6.45, 7) is 2.62. The van der Waals surface area contributed by atoms with Crippen molar-refractivity contribution in [3.8, 4) is 5.75 Å². The fourth-order valence-corrected chi connectivity index (χ4v) is 2.86. The second-order valence-electron chi connectivity index (χ2n) is 5.49. The zero-order chi connectivity index (χ0) is 14.7. The summed E-state index contributed by atoms with van der Waals surface area (Å²) < 4.78 is 5.92. The molecule has 2 aromatic rings. The van der Waals surface area contributed by atoms with Crippen molar-refractivity contribution in [1.29, 1.82) is 0 Å². The van der Waals surface area contributed by atoms with Crippen molar-refractivity contribution in [3.63, 3.8) is 0 Å². The van der Waals surface area contributed by atoms with Gasteiger partial charge in [0.15, 0.2) is 6.10 Å². The molecule has 0 radical (unpaired) electrons. The average molecular weight is 301 g/mol. The molecular formula is C17H19NO2S. The molecule has 0 spiro atoms. The normalized spacial score (nSPS) is 15.5. The molecule has 1 fully saturated rings. The second-order valence-corrected chi connectivity index (χ2v) is 6.52. The Labute approximate surface area is 129 Å². The molecule has 0 aliphatic heterocycles. The molecule has 1 N–H and O–H groups in total. The number of thiophene rings is 1. The summed E-state index contributed by atoms with van der Waals surface area (Å²) in [6, 6.07) is 11.9. The van der Waals surface area contributed by atoms with Crippen LogP contribution in [0.4, 0.5) is 0 Å². The van der Waals surface area contributed by atoms with Crippen LogP contribution in [-0.4, -0.2) is 12.0 Å². The summed E-state index contributed by atoms with van der Waals surface area (Å²) >= 11 is 1.65. The SMILES string of the molecule is Cc1ccc(OC(C(=O)NCc2cccs2)C2CC2)cc1. The lowest BCUT2D eigenvalue weighted by Crippen LogP contribution is -2.39. The van der Waals surface area contributed by atoms with E-state index >= 15 is 0 Å². The number of aryl methyl sites for hydroxylation is 1.